The Morgan fingerprint density at radius 3 is 2.48 bits per heavy atom. The Morgan fingerprint density at radius 1 is 1.11 bits per heavy atom. The van der Waals surface area contributed by atoms with Crippen molar-refractivity contribution in [1.82, 2.24) is 14.6 Å². The van der Waals surface area contributed by atoms with Crippen molar-refractivity contribution >= 4 is 44.4 Å². The van der Waals surface area contributed by atoms with Crippen LogP contribution in [0, 0.1) is 29.1 Å². The summed E-state index contributed by atoms with van der Waals surface area (Å²) in [5, 5.41) is 0.753. The number of ether oxygens (including phenoxy) is 3. The first-order valence-corrected chi connectivity index (χ1v) is 21.2. The number of benzene rings is 1. The molecule has 15 heteroatoms. The van der Waals surface area contributed by atoms with Gasteiger partial charge >= 0.3 is 5.97 Å². The minimum Gasteiger partial charge on any atom is -0.494 e. The van der Waals surface area contributed by atoms with E-state index in [1.165, 1.54) is 18.2 Å². The normalized spacial score (nSPS) is 29.5. The van der Waals surface area contributed by atoms with E-state index in [-0.39, 0.29) is 49.4 Å². The van der Waals surface area contributed by atoms with Crippen LogP contribution in [0.25, 0.3) is 10.8 Å². The van der Waals surface area contributed by atoms with E-state index in [4.69, 9.17) is 14.2 Å². The summed E-state index contributed by atoms with van der Waals surface area (Å²) in [6.07, 6.45) is 4.54. The van der Waals surface area contributed by atoms with Crippen LogP contribution in [0.4, 0.5) is 8.78 Å². The van der Waals surface area contributed by atoms with Gasteiger partial charge in [0.15, 0.2) is 11.4 Å². The summed E-state index contributed by atoms with van der Waals surface area (Å²) in [4.78, 5) is 62.7. The number of esters is 1. The molecular weight excluding hydrogens is 749 g/mol. The van der Waals surface area contributed by atoms with Crippen molar-refractivity contribution in [3.05, 3.63) is 42.6 Å². The highest BCUT2D eigenvalue weighted by atomic mass is 32.2. The topological polar surface area (TPSA) is 158 Å². The number of pyridine rings is 1. The number of rotatable bonds is 11. The van der Waals surface area contributed by atoms with Gasteiger partial charge in [0.05, 0.1) is 48.9 Å². The van der Waals surface area contributed by atoms with Crippen LogP contribution >= 0.6 is 0 Å². The first kappa shape index (κ1) is 41.5. The molecule has 3 fully saturated rings. The number of alkyl halides is 2. The Balaban J connectivity index is 1.36. The van der Waals surface area contributed by atoms with E-state index < -0.39 is 80.8 Å². The van der Waals surface area contributed by atoms with Gasteiger partial charge in [-0.1, -0.05) is 50.6 Å². The molecule has 2 aliphatic carbocycles. The molecule has 0 radical (unpaired) electrons. The highest BCUT2D eigenvalue weighted by Gasteiger charge is 2.61. The molecule has 1 aromatic carbocycles. The number of hydrogen-bond donors (Lipinski definition) is 1. The van der Waals surface area contributed by atoms with E-state index in [1.54, 1.807) is 0 Å². The van der Waals surface area contributed by atoms with Crippen molar-refractivity contribution < 1.29 is 50.6 Å². The number of Topliss-reactive ketones (excluding diaryl/α,β-unsaturated/α-hetero) is 1. The maximum Gasteiger partial charge on any atom is 0.307 e. The number of methoxy groups -OCH3 is 1. The third kappa shape index (κ3) is 8.87. The monoisotopic (exact) mass is 801 g/mol. The molecule has 0 spiro atoms. The number of aromatic nitrogens is 1. The third-order valence-corrected chi connectivity index (χ3v) is 13.8. The molecule has 56 heavy (non-hydrogen) atoms. The second kappa shape index (κ2) is 16.4. The van der Waals surface area contributed by atoms with Crippen LogP contribution in [0.15, 0.2) is 42.6 Å². The lowest BCUT2D eigenvalue weighted by Crippen LogP contribution is -2.48. The summed E-state index contributed by atoms with van der Waals surface area (Å²) >= 11 is 0. The molecule has 2 aliphatic heterocycles. The van der Waals surface area contributed by atoms with Gasteiger partial charge in [0.2, 0.25) is 27.7 Å². The Morgan fingerprint density at radius 2 is 1.82 bits per heavy atom. The van der Waals surface area contributed by atoms with Gasteiger partial charge in [0, 0.05) is 23.6 Å². The molecule has 3 heterocycles. The molecule has 2 aromatic rings. The Kier molecular flexibility index (Phi) is 12.1. The quantitative estimate of drug-likeness (QED) is 0.206. The van der Waals surface area contributed by atoms with Crippen LogP contribution < -0.4 is 14.2 Å². The zero-order chi connectivity index (χ0) is 40.6. The number of hydrogen-bond acceptors (Lipinski definition) is 10. The van der Waals surface area contributed by atoms with E-state index in [9.17, 15) is 36.4 Å². The zero-order valence-corrected chi connectivity index (χ0v) is 33.5. The van der Waals surface area contributed by atoms with Gasteiger partial charge in [-0.2, -0.15) is 0 Å². The predicted molar refractivity (Wildman–Crippen MR) is 203 cm³/mol. The predicted octanol–water partition coefficient (Wildman–Crippen LogP) is 6.16. The number of sulfonamides is 1. The molecule has 7 atom stereocenters. The number of nitrogens with one attached hydrogen (secondary N) is 1. The van der Waals surface area contributed by atoms with Crippen molar-refractivity contribution in [3.63, 3.8) is 0 Å². The van der Waals surface area contributed by atoms with Gasteiger partial charge in [-0.05, 0) is 76.2 Å². The molecule has 2 saturated carbocycles. The summed E-state index contributed by atoms with van der Waals surface area (Å²) in [6.45, 7) is 6.12. The molecule has 6 rings (SSSR count). The number of amides is 2. The third-order valence-electron chi connectivity index (χ3n) is 12.0. The summed E-state index contributed by atoms with van der Waals surface area (Å²) < 4.78 is 72.8. The lowest BCUT2D eigenvalue weighted by molar-refractivity contribution is -0.174. The number of nitrogens with zero attached hydrogens (tertiary/aromatic N) is 2. The van der Waals surface area contributed by atoms with Crippen LogP contribution in [-0.2, 0) is 33.9 Å². The highest BCUT2D eigenvalue weighted by Crippen LogP contribution is 2.57. The molecule has 4 aliphatic rings. The van der Waals surface area contributed by atoms with Gasteiger partial charge < -0.3 is 19.1 Å². The van der Waals surface area contributed by atoms with Crippen molar-refractivity contribution in [3.8, 4) is 11.6 Å². The Bertz CT molecular complexity index is 1970. The molecule has 0 bridgehead atoms. The minimum atomic E-state index is -3.90. The van der Waals surface area contributed by atoms with Crippen LogP contribution in [0.2, 0.25) is 0 Å². The Hall–Kier alpha value is -4.14. The minimum absolute atomic E-state index is 0.0357. The van der Waals surface area contributed by atoms with E-state index in [1.807, 2.05) is 50.3 Å². The molecule has 2 amide bonds. The van der Waals surface area contributed by atoms with Crippen LogP contribution in [0.1, 0.15) is 91.9 Å². The van der Waals surface area contributed by atoms with Crippen molar-refractivity contribution in [2.24, 2.45) is 29.1 Å². The van der Waals surface area contributed by atoms with Gasteiger partial charge in [-0.15, -0.1) is 0 Å². The summed E-state index contributed by atoms with van der Waals surface area (Å²) in [6, 6.07) is 6.25. The van der Waals surface area contributed by atoms with Gasteiger partial charge in [-0.3, -0.25) is 23.9 Å². The van der Waals surface area contributed by atoms with Crippen LogP contribution in [0.5, 0.6) is 11.6 Å². The first-order valence-electron chi connectivity index (χ1n) is 19.6. The van der Waals surface area contributed by atoms with E-state index in [0.29, 0.717) is 43.2 Å². The highest BCUT2D eigenvalue weighted by molar-refractivity contribution is 7.90. The molecule has 1 saturated heterocycles. The molecule has 0 unspecified atom stereocenters. The molecule has 1 N–H and O–H groups in total. The second-order valence-electron chi connectivity index (χ2n) is 16.6. The fourth-order valence-electron chi connectivity index (χ4n) is 8.36. The summed E-state index contributed by atoms with van der Waals surface area (Å²) in [5.74, 6) is -3.48. The number of carbonyl (C=O) groups is 4. The van der Waals surface area contributed by atoms with Crippen molar-refractivity contribution in [2.45, 2.75) is 121 Å². The number of carbonyl (C=O) groups excluding carboxylic acids is 4. The summed E-state index contributed by atoms with van der Waals surface area (Å²) in [5.41, 5.74) is -3.40. The van der Waals surface area contributed by atoms with E-state index in [2.05, 4.69) is 9.71 Å². The van der Waals surface area contributed by atoms with Gasteiger partial charge in [-0.25, -0.2) is 22.2 Å². The fourth-order valence-corrected chi connectivity index (χ4v) is 9.74. The maximum absolute atomic E-state index is 14.9. The lowest BCUT2D eigenvalue weighted by atomic mass is 9.79. The molecule has 12 nitrogen and oxygen atoms in total. The average Bonchev–Trinajstić information content (AvgIpc) is 4.08. The first-order chi connectivity index (χ1) is 26.5. The molecule has 1 aromatic heterocycles. The Labute approximate surface area is 327 Å². The van der Waals surface area contributed by atoms with E-state index >= 15 is 0 Å². The lowest BCUT2D eigenvalue weighted by Gasteiger charge is -2.34. The van der Waals surface area contributed by atoms with Crippen molar-refractivity contribution in [2.75, 3.05) is 13.7 Å². The van der Waals surface area contributed by atoms with Crippen LogP contribution in [0.3, 0.4) is 0 Å². The maximum atomic E-state index is 14.9. The number of ketones is 1. The zero-order valence-electron chi connectivity index (χ0n) is 32.7. The van der Waals surface area contributed by atoms with Crippen molar-refractivity contribution in [1.29, 1.82) is 0 Å². The molecular formula is C41H53F2N3O9S. The average molecular weight is 802 g/mol. The number of fused-ring (bicyclic) bond motifs is 3. The van der Waals surface area contributed by atoms with Gasteiger partial charge in [0.25, 0.3) is 6.43 Å². The fraction of sp³-hybridized carbons (Fsp3) is 0.634. The number of allylic oxidation sites excluding steroid dienone is 2. The number of halogens is 2. The van der Waals surface area contributed by atoms with Crippen LogP contribution in [-0.4, -0.2) is 84.9 Å². The van der Waals surface area contributed by atoms with Gasteiger partial charge in [0.1, 0.15) is 11.9 Å². The standard InChI is InChI=1S/C41H53F2N3O9S/c1-6-25-17-24(2)11-7-8-12-26-20-41(26,39(50)45-56(51,52)28-15-16-28)21-33(47)32-18-27(54-36-30-14-10-9-13-29(30)34(53-5)22-44-36)23-46(32)37(49)31(25)19-35(48)55-40(3,4)38(42)43/h8-10,12-14,22,24-28,31-32,38H,6-7,11,15-21,23H2,1-5H3,(H,45,50)/b12-8-/t24-,25+,26+,27+,31-,32-,41+/m0/s1. The smallest absolute Gasteiger partial charge is 0.307 e. The second-order valence-corrected chi connectivity index (χ2v) is 18.6. The largest absolute Gasteiger partial charge is 0.494 e. The summed E-state index contributed by atoms with van der Waals surface area (Å²) in [7, 11) is -2.37. The molecule has 306 valence electrons. The SMILES string of the molecule is CC[C@@H]1C[C@@H](C)CC/C=C\[C@@H]2C[C@@]2(C(=O)NS(=O)(=O)C2CC2)CC(=O)[C@@H]2C[C@@H](Oc3ncc(OC)c4ccccc34)CN2C(=O)[C@H]1CC(=O)OC(C)(C)C(F)F. The van der Waals surface area contributed by atoms with E-state index in [0.717, 1.165) is 25.7 Å².